The third-order valence-corrected chi connectivity index (χ3v) is 3.47. The zero-order valence-electron chi connectivity index (χ0n) is 7.75. The van der Waals surface area contributed by atoms with E-state index in [0.29, 0.717) is 11.3 Å². The molecule has 1 atom stereocenters. The van der Waals surface area contributed by atoms with E-state index in [1.54, 1.807) is 12.1 Å². The number of carbonyl (C=O) groups is 1. The molecule has 15 heavy (non-hydrogen) atoms. The number of thioether (sulfide) groups is 1. The fourth-order valence-corrected chi connectivity index (χ4v) is 2.71. The lowest BCUT2D eigenvalue weighted by Crippen LogP contribution is -2.30. The maximum Gasteiger partial charge on any atom is 0.313 e. The van der Waals surface area contributed by atoms with Crippen LogP contribution in [-0.4, -0.2) is 27.7 Å². The van der Waals surface area contributed by atoms with E-state index in [1.165, 1.54) is 11.8 Å². The Balaban J connectivity index is 2.48. The number of hydrogen-bond donors (Lipinski definition) is 2. The summed E-state index contributed by atoms with van der Waals surface area (Å²) >= 11 is 1.47. The molecule has 1 aliphatic heterocycles. The Hall–Kier alpha value is -1.49. The number of oxime groups is 1. The Kier molecular flexibility index (Phi) is 2.64. The van der Waals surface area contributed by atoms with E-state index in [0.717, 1.165) is 4.90 Å². The van der Waals surface area contributed by atoms with Crippen molar-refractivity contribution in [3.8, 4) is 0 Å². The van der Waals surface area contributed by atoms with Crippen molar-refractivity contribution < 1.29 is 15.1 Å². The molecular weight excluding hydrogens is 214 g/mol. The maximum atomic E-state index is 10.9. The van der Waals surface area contributed by atoms with E-state index in [9.17, 15) is 4.79 Å². The van der Waals surface area contributed by atoms with Crippen molar-refractivity contribution in [2.75, 3.05) is 5.75 Å². The number of hydrogen-bond acceptors (Lipinski definition) is 4. The molecule has 0 bridgehead atoms. The first-order valence-corrected chi connectivity index (χ1v) is 5.39. The summed E-state index contributed by atoms with van der Waals surface area (Å²) in [4.78, 5) is 11.9. The van der Waals surface area contributed by atoms with E-state index in [1.807, 2.05) is 12.1 Å². The van der Waals surface area contributed by atoms with Crippen LogP contribution >= 0.6 is 11.8 Å². The first kappa shape index (κ1) is 10.0. The van der Waals surface area contributed by atoms with E-state index < -0.39 is 11.9 Å². The Bertz CT molecular complexity index is 430. The monoisotopic (exact) mass is 223 g/mol. The molecule has 0 fully saturated rings. The van der Waals surface area contributed by atoms with Gasteiger partial charge in [0, 0.05) is 16.2 Å². The second-order valence-corrected chi connectivity index (χ2v) is 4.25. The Morgan fingerprint density at radius 3 is 2.87 bits per heavy atom. The van der Waals surface area contributed by atoms with Gasteiger partial charge in [-0.05, 0) is 6.07 Å². The van der Waals surface area contributed by atoms with Crippen molar-refractivity contribution in [3.63, 3.8) is 0 Å². The summed E-state index contributed by atoms with van der Waals surface area (Å²) in [5.41, 5.74) is 0.959. The molecule has 0 amide bonds. The van der Waals surface area contributed by atoms with Crippen LogP contribution in [0.3, 0.4) is 0 Å². The standard InChI is InChI=1S/C10H9NO3S/c12-10(13)7-5-15-8-4-2-1-3-6(8)9(7)11-14/h1-4,7,14H,5H2,(H,12,13)/b11-9-. The number of rotatable bonds is 1. The smallest absolute Gasteiger partial charge is 0.313 e. The SMILES string of the molecule is O=C(O)C1CSc2ccccc2/C1=N/O. The van der Waals surface area contributed by atoms with Crippen molar-refractivity contribution in [1.82, 2.24) is 0 Å². The number of benzene rings is 1. The van der Waals surface area contributed by atoms with Gasteiger partial charge >= 0.3 is 5.97 Å². The zero-order chi connectivity index (χ0) is 10.8. The summed E-state index contributed by atoms with van der Waals surface area (Å²) < 4.78 is 0. The topological polar surface area (TPSA) is 69.9 Å². The maximum absolute atomic E-state index is 10.9. The highest BCUT2D eigenvalue weighted by Crippen LogP contribution is 2.33. The summed E-state index contributed by atoms with van der Waals surface area (Å²) in [5, 5.41) is 20.9. The third kappa shape index (κ3) is 1.70. The second-order valence-electron chi connectivity index (χ2n) is 3.18. The summed E-state index contributed by atoms with van der Waals surface area (Å²) in [6.07, 6.45) is 0. The molecule has 1 aliphatic rings. The van der Waals surface area contributed by atoms with Gasteiger partial charge in [0.05, 0.1) is 0 Å². The van der Waals surface area contributed by atoms with E-state index in [-0.39, 0.29) is 5.71 Å². The van der Waals surface area contributed by atoms with E-state index in [2.05, 4.69) is 5.16 Å². The minimum Gasteiger partial charge on any atom is -0.481 e. The lowest BCUT2D eigenvalue weighted by atomic mass is 9.98. The number of aliphatic carboxylic acids is 1. The van der Waals surface area contributed by atoms with E-state index in [4.69, 9.17) is 10.3 Å². The van der Waals surface area contributed by atoms with Crippen molar-refractivity contribution in [2.24, 2.45) is 11.1 Å². The zero-order valence-corrected chi connectivity index (χ0v) is 8.57. The molecule has 78 valence electrons. The second kappa shape index (κ2) is 3.94. The molecule has 1 aromatic rings. The number of carboxylic acids is 1. The minimum atomic E-state index is -0.954. The molecule has 0 saturated carbocycles. The third-order valence-electron chi connectivity index (χ3n) is 2.30. The molecule has 0 aromatic heterocycles. The molecule has 0 radical (unpaired) electrons. The van der Waals surface area contributed by atoms with Gasteiger partial charge in [0.15, 0.2) is 0 Å². The molecule has 2 rings (SSSR count). The van der Waals surface area contributed by atoms with Crippen LogP contribution in [0.1, 0.15) is 5.56 Å². The van der Waals surface area contributed by atoms with Gasteiger partial charge in [0.25, 0.3) is 0 Å². The average molecular weight is 223 g/mol. The van der Waals surface area contributed by atoms with Crippen molar-refractivity contribution in [1.29, 1.82) is 0 Å². The van der Waals surface area contributed by atoms with Gasteiger partial charge in [0.1, 0.15) is 11.6 Å². The largest absolute Gasteiger partial charge is 0.481 e. The van der Waals surface area contributed by atoms with Gasteiger partial charge < -0.3 is 10.3 Å². The van der Waals surface area contributed by atoms with Crippen molar-refractivity contribution >= 4 is 23.4 Å². The first-order chi connectivity index (χ1) is 7.24. The minimum absolute atomic E-state index is 0.247. The molecular formula is C10H9NO3S. The van der Waals surface area contributed by atoms with Gasteiger partial charge in [-0.2, -0.15) is 0 Å². The van der Waals surface area contributed by atoms with Crippen LogP contribution < -0.4 is 0 Å². The van der Waals surface area contributed by atoms with Gasteiger partial charge in [-0.15, -0.1) is 11.8 Å². The molecule has 0 spiro atoms. The van der Waals surface area contributed by atoms with Crippen LogP contribution in [0, 0.1) is 5.92 Å². The van der Waals surface area contributed by atoms with Crippen molar-refractivity contribution in [2.45, 2.75) is 4.90 Å². The van der Waals surface area contributed by atoms with Crippen LogP contribution in [-0.2, 0) is 4.79 Å². The van der Waals surface area contributed by atoms with Gasteiger partial charge in [-0.3, -0.25) is 4.79 Å². The lowest BCUT2D eigenvalue weighted by Gasteiger charge is -2.21. The molecule has 1 unspecified atom stereocenters. The molecule has 1 heterocycles. The quantitative estimate of drug-likeness (QED) is 0.561. The van der Waals surface area contributed by atoms with Crippen LogP contribution in [0.2, 0.25) is 0 Å². The Morgan fingerprint density at radius 2 is 2.20 bits per heavy atom. The fraction of sp³-hybridized carbons (Fsp3) is 0.200. The molecule has 1 aromatic carbocycles. The van der Waals surface area contributed by atoms with Gasteiger partial charge in [-0.1, -0.05) is 23.4 Å². The molecule has 5 heteroatoms. The highest BCUT2D eigenvalue weighted by molar-refractivity contribution is 7.99. The summed E-state index contributed by atoms with van der Waals surface area (Å²) in [5.74, 6) is -1.27. The Labute approximate surface area is 90.6 Å². The van der Waals surface area contributed by atoms with Gasteiger partial charge in [-0.25, -0.2) is 0 Å². The van der Waals surface area contributed by atoms with Crippen LogP contribution in [0.4, 0.5) is 0 Å². The van der Waals surface area contributed by atoms with Crippen LogP contribution in [0.15, 0.2) is 34.3 Å². The number of nitrogens with zero attached hydrogens (tertiary/aromatic N) is 1. The van der Waals surface area contributed by atoms with Crippen molar-refractivity contribution in [3.05, 3.63) is 29.8 Å². The van der Waals surface area contributed by atoms with Crippen LogP contribution in [0.5, 0.6) is 0 Å². The fourth-order valence-electron chi connectivity index (χ4n) is 1.56. The van der Waals surface area contributed by atoms with E-state index >= 15 is 0 Å². The predicted octanol–water partition coefficient (Wildman–Crippen LogP) is 1.67. The lowest BCUT2D eigenvalue weighted by molar-refractivity contribution is -0.138. The first-order valence-electron chi connectivity index (χ1n) is 4.41. The van der Waals surface area contributed by atoms with Gasteiger partial charge in [0.2, 0.25) is 0 Å². The predicted molar refractivity (Wildman–Crippen MR) is 56.6 cm³/mol. The normalized spacial score (nSPS) is 22.4. The summed E-state index contributed by atoms with van der Waals surface area (Å²) in [6.45, 7) is 0. The highest BCUT2D eigenvalue weighted by atomic mass is 32.2. The summed E-state index contributed by atoms with van der Waals surface area (Å²) in [6, 6.07) is 7.34. The van der Waals surface area contributed by atoms with Crippen LogP contribution in [0.25, 0.3) is 0 Å². The number of carboxylic acid groups (broad SMARTS) is 1. The molecule has 0 aliphatic carbocycles. The molecule has 4 nitrogen and oxygen atoms in total. The molecule has 2 N–H and O–H groups in total. The number of fused-ring (bicyclic) bond motifs is 1. The molecule has 0 saturated heterocycles. The Morgan fingerprint density at radius 1 is 1.47 bits per heavy atom. The summed E-state index contributed by atoms with van der Waals surface area (Å²) in [7, 11) is 0. The highest BCUT2D eigenvalue weighted by Gasteiger charge is 2.31. The average Bonchev–Trinajstić information content (AvgIpc) is 2.27.